The van der Waals surface area contributed by atoms with Crippen molar-refractivity contribution < 1.29 is 4.79 Å². The molecule has 1 aliphatic heterocycles. The number of carbonyl (C=O) groups is 1. The SMILES string of the molecule is CC(C)CNC(=NCC(=O)N(C)C)NC1CCN(c2ccccc2)C1.I. The van der Waals surface area contributed by atoms with E-state index in [0.717, 1.165) is 32.0 Å². The largest absolute Gasteiger partial charge is 0.369 e. The number of carbonyl (C=O) groups excluding carboxylic acids is 1. The van der Waals surface area contributed by atoms with E-state index >= 15 is 0 Å². The van der Waals surface area contributed by atoms with E-state index in [4.69, 9.17) is 0 Å². The number of nitrogens with zero attached hydrogens (tertiary/aromatic N) is 3. The molecule has 2 rings (SSSR count). The second-order valence-corrected chi connectivity index (χ2v) is 7.14. The number of benzene rings is 1. The molecule has 1 saturated heterocycles. The van der Waals surface area contributed by atoms with Crippen molar-refractivity contribution in [1.82, 2.24) is 15.5 Å². The van der Waals surface area contributed by atoms with Crippen LogP contribution in [0.2, 0.25) is 0 Å². The van der Waals surface area contributed by atoms with Crippen LogP contribution in [0.25, 0.3) is 0 Å². The van der Waals surface area contributed by atoms with E-state index in [0.29, 0.717) is 12.0 Å². The van der Waals surface area contributed by atoms with Gasteiger partial charge in [-0.05, 0) is 24.5 Å². The molecule has 7 heteroatoms. The molecule has 0 bridgehead atoms. The summed E-state index contributed by atoms with van der Waals surface area (Å²) >= 11 is 0. The number of aliphatic imine (C=N–C) groups is 1. The van der Waals surface area contributed by atoms with Gasteiger partial charge in [0.1, 0.15) is 6.54 Å². The van der Waals surface area contributed by atoms with Gasteiger partial charge in [0.05, 0.1) is 0 Å². The van der Waals surface area contributed by atoms with Gasteiger partial charge in [-0.2, -0.15) is 0 Å². The van der Waals surface area contributed by atoms with Gasteiger partial charge in [-0.3, -0.25) is 4.79 Å². The second kappa shape index (κ2) is 11.3. The fraction of sp³-hybridized carbons (Fsp3) is 0.579. The van der Waals surface area contributed by atoms with Crippen LogP contribution in [0.1, 0.15) is 20.3 Å². The molecule has 146 valence electrons. The van der Waals surface area contributed by atoms with Gasteiger partial charge in [0, 0.05) is 45.5 Å². The Kier molecular flexibility index (Phi) is 9.75. The van der Waals surface area contributed by atoms with Gasteiger partial charge < -0.3 is 20.4 Å². The summed E-state index contributed by atoms with van der Waals surface area (Å²) < 4.78 is 0. The Labute approximate surface area is 174 Å². The van der Waals surface area contributed by atoms with E-state index < -0.39 is 0 Å². The lowest BCUT2D eigenvalue weighted by Gasteiger charge is -2.21. The average Bonchev–Trinajstić information content (AvgIpc) is 3.06. The van der Waals surface area contributed by atoms with Crippen molar-refractivity contribution in [2.24, 2.45) is 10.9 Å². The molecule has 1 aromatic carbocycles. The first-order chi connectivity index (χ1) is 12.0. The summed E-state index contributed by atoms with van der Waals surface area (Å²) in [5.74, 6) is 1.24. The molecule has 1 aliphatic rings. The zero-order valence-corrected chi connectivity index (χ0v) is 18.6. The summed E-state index contributed by atoms with van der Waals surface area (Å²) in [6.45, 7) is 7.26. The van der Waals surface area contributed by atoms with E-state index in [1.807, 2.05) is 6.07 Å². The fourth-order valence-corrected chi connectivity index (χ4v) is 2.69. The normalized spacial score (nSPS) is 17.0. The topological polar surface area (TPSA) is 60.0 Å². The Bertz CT molecular complexity index is 577. The third-order valence-corrected chi connectivity index (χ3v) is 4.20. The van der Waals surface area contributed by atoms with Crippen LogP contribution >= 0.6 is 24.0 Å². The van der Waals surface area contributed by atoms with Gasteiger partial charge in [-0.15, -0.1) is 24.0 Å². The number of likely N-dealkylation sites (N-methyl/N-ethyl adjacent to an activating group) is 1. The molecule has 26 heavy (non-hydrogen) atoms. The Morgan fingerprint density at radius 1 is 1.31 bits per heavy atom. The van der Waals surface area contributed by atoms with Gasteiger partial charge in [0.2, 0.25) is 5.91 Å². The summed E-state index contributed by atoms with van der Waals surface area (Å²) in [6, 6.07) is 10.8. The quantitative estimate of drug-likeness (QED) is 0.378. The molecule has 0 aromatic heterocycles. The molecular weight excluding hydrogens is 441 g/mol. The first-order valence-electron chi connectivity index (χ1n) is 9.00. The summed E-state index contributed by atoms with van der Waals surface area (Å²) in [5, 5.41) is 6.84. The predicted octanol–water partition coefficient (Wildman–Crippen LogP) is 2.16. The minimum atomic E-state index is 0. The van der Waals surface area contributed by atoms with Crippen molar-refractivity contribution in [2.45, 2.75) is 26.3 Å². The van der Waals surface area contributed by atoms with E-state index in [2.05, 4.69) is 58.6 Å². The number of amides is 1. The maximum absolute atomic E-state index is 11.8. The summed E-state index contributed by atoms with van der Waals surface area (Å²) in [6.07, 6.45) is 1.05. The molecule has 1 atom stereocenters. The molecule has 0 aliphatic carbocycles. The molecule has 1 aromatic rings. The van der Waals surface area contributed by atoms with Crippen LogP contribution in [-0.2, 0) is 4.79 Å². The Morgan fingerprint density at radius 3 is 2.62 bits per heavy atom. The summed E-state index contributed by atoms with van der Waals surface area (Å²) in [5.41, 5.74) is 1.25. The predicted molar refractivity (Wildman–Crippen MR) is 119 cm³/mol. The van der Waals surface area contributed by atoms with E-state index in [-0.39, 0.29) is 36.4 Å². The maximum Gasteiger partial charge on any atom is 0.243 e. The van der Waals surface area contributed by atoms with E-state index in [1.54, 1.807) is 19.0 Å². The van der Waals surface area contributed by atoms with Gasteiger partial charge in [0.25, 0.3) is 0 Å². The number of nitrogens with one attached hydrogen (secondary N) is 2. The number of para-hydroxylation sites is 1. The number of rotatable bonds is 6. The van der Waals surface area contributed by atoms with Crippen molar-refractivity contribution in [1.29, 1.82) is 0 Å². The van der Waals surface area contributed by atoms with Gasteiger partial charge in [-0.25, -0.2) is 4.99 Å². The van der Waals surface area contributed by atoms with Crippen LogP contribution in [0.15, 0.2) is 35.3 Å². The zero-order valence-electron chi connectivity index (χ0n) is 16.2. The number of halogens is 1. The summed E-state index contributed by atoms with van der Waals surface area (Å²) in [7, 11) is 3.50. The van der Waals surface area contributed by atoms with Crippen LogP contribution < -0.4 is 15.5 Å². The maximum atomic E-state index is 11.8. The molecule has 1 unspecified atom stereocenters. The van der Waals surface area contributed by atoms with E-state index in [9.17, 15) is 4.79 Å². The third-order valence-electron chi connectivity index (χ3n) is 4.20. The lowest BCUT2D eigenvalue weighted by Crippen LogP contribution is -2.46. The molecule has 1 amide bonds. The fourth-order valence-electron chi connectivity index (χ4n) is 2.69. The Morgan fingerprint density at radius 2 is 2.00 bits per heavy atom. The van der Waals surface area contributed by atoms with Crippen LogP contribution in [-0.4, -0.2) is 63.1 Å². The van der Waals surface area contributed by atoms with Crippen molar-refractivity contribution in [3.8, 4) is 0 Å². The second-order valence-electron chi connectivity index (χ2n) is 7.14. The molecule has 2 N–H and O–H groups in total. The standard InChI is InChI=1S/C19H31N5O.HI/c1-15(2)12-20-19(21-13-18(25)23(3)4)22-16-10-11-24(14-16)17-8-6-5-7-9-17;/h5-9,15-16H,10-14H2,1-4H3,(H2,20,21,22);1H. The lowest BCUT2D eigenvalue weighted by atomic mass is 10.2. The minimum Gasteiger partial charge on any atom is -0.369 e. The van der Waals surface area contributed by atoms with Crippen LogP contribution in [0.3, 0.4) is 0 Å². The highest BCUT2D eigenvalue weighted by Gasteiger charge is 2.23. The Balaban J connectivity index is 0.00000338. The Hall–Kier alpha value is -1.51. The highest BCUT2D eigenvalue weighted by atomic mass is 127. The molecular formula is C19H32IN5O. The van der Waals surface area contributed by atoms with Crippen molar-refractivity contribution in [2.75, 3.05) is 45.2 Å². The highest BCUT2D eigenvalue weighted by molar-refractivity contribution is 14.0. The molecule has 1 fully saturated rings. The smallest absolute Gasteiger partial charge is 0.243 e. The number of hydrogen-bond donors (Lipinski definition) is 2. The van der Waals surface area contributed by atoms with Gasteiger partial charge >= 0.3 is 0 Å². The molecule has 0 radical (unpaired) electrons. The van der Waals surface area contributed by atoms with Crippen molar-refractivity contribution >= 4 is 41.5 Å². The summed E-state index contributed by atoms with van der Waals surface area (Å²) in [4.78, 5) is 20.2. The van der Waals surface area contributed by atoms with Gasteiger partial charge in [-0.1, -0.05) is 32.0 Å². The van der Waals surface area contributed by atoms with Crippen LogP contribution in [0.4, 0.5) is 5.69 Å². The zero-order chi connectivity index (χ0) is 18.2. The first kappa shape index (κ1) is 22.5. The first-order valence-corrected chi connectivity index (χ1v) is 9.00. The number of hydrogen-bond acceptors (Lipinski definition) is 3. The molecule has 6 nitrogen and oxygen atoms in total. The highest BCUT2D eigenvalue weighted by Crippen LogP contribution is 2.19. The number of anilines is 1. The average molecular weight is 473 g/mol. The molecule has 1 heterocycles. The lowest BCUT2D eigenvalue weighted by molar-refractivity contribution is -0.127. The minimum absolute atomic E-state index is 0. The molecule has 0 spiro atoms. The van der Waals surface area contributed by atoms with E-state index in [1.165, 1.54) is 5.69 Å². The van der Waals surface area contributed by atoms with Crippen molar-refractivity contribution in [3.05, 3.63) is 30.3 Å². The molecule has 0 saturated carbocycles. The van der Waals surface area contributed by atoms with Crippen LogP contribution in [0, 0.1) is 5.92 Å². The number of guanidine groups is 1. The van der Waals surface area contributed by atoms with Crippen molar-refractivity contribution in [3.63, 3.8) is 0 Å². The third kappa shape index (κ3) is 7.39. The monoisotopic (exact) mass is 473 g/mol. The van der Waals surface area contributed by atoms with Crippen LogP contribution in [0.5, 0.6) is 0 Å². The van der Waals surface area contributed by atoms with Gasteiger partial charge in [0.15, 0.2) is 5.96 Å².